The molecular formula is C24H30N2O4. The van der Waals surface area contributed by atoms with E-state index in [9.17, 15) is 9.59 Å². The number of ether oxygens (including phenoxy) is 2. The zero-order valence-electron chi connectivity index (χ0n) is 17.4. The van der Waals surface area contributed by atoms with Crippen LogP contribution in [0.1, 0.15) is 44.1 Å². The van der Waals surface area contributed by atoms with Crippen LogP contribution in [0.25, 0.3) is 0 Å². The fourth-order valence-corrected chi connectivity index (χ4v) is 7.24. The van der Waals surface area contributed by atoms with Gasteiger partial charge in [0.1, 0.15) is 19.3 Å². The van der Waals surface area contributed by atoms with E-state index in [0.717, 1.165) is 23.3 Å². The van der Waals surface area contributed by atoms with Gasteiger partial charge in [-0.05, 0) is 61.8 Å². The number of nitrogens with zero attached hydrogens (tertiary/aromatic N) is 2. The van der Waals surface area contributed by atoms with Gasteiger partial charge in [-0.1, -0.05) is 30.3 Å². The SMILES string of the molecule is O=C(OCc1ccccc1)N1CCN(C2OC2C23CC4CC(CC(C4)C2)C3)C(=O)C1. The molecule has 2 amide bonds. The van der Waals surface area contributed by atoms with Crippen LogP contribution in [-0.4, -0.2) is 53.8 Å². The molecule has 2 aliphatic heterocycles. The van der Waals surface area contributed by atoms with Gasteiger partial charge in [0, 0.05) is 18.5 Å². The predicted octanol–water partition coefficient (Wildman–Crippen LogP) is 3.41. The number of carbonyl (C=O) groups is 2. The van der Waals surface area contributed by atoms with Gasteiger partial charge in [0.15, 0.2) is 6.23 Å². The van der Waals surface area contributed by atoms with E-state index in [1.54, 1.807) is 0 Å². The summed E-state index contributed by atoms with van der Waals surface area (Å²) in [5.41, 5.74) is 1.26. The molecule has 4 aliphatic carbocycles. The summed E-state index contributed by atoms with van der Waals surface area (Å²) in [6.45, 7) is 1.36. The molecule has 0 N–H and O–H groups in total. The highest BCUT2D eigenvalue weighted by molar-refractivity contribution is 5.84. The quantitative estimate of drug-likeness (QED) is 0.714. The lowest BCUT2D eigenvalue weighted by Crippen LogP contribution is -2.55. The van der Waals surface area contributed by atoms with Crippen LogP contribution in [0.4, 0.5) is 4.79 Å². The molecule has 1 aromatic rings. The number of hydrogen-bond acceptors (Lipinski definition) is 4. The third kappa shape index (κ3) is 3.20. The van der Waals surface area contributed by atoms with Crippen LogP contribution in [0.5, 0.6) is 0 Å². The third-order valence-corrected chi connectivity index (χ3v) is 8.19. The van der Waals surface area contributed by atoms with Crippen molar-refractivity contribution in [3.05, 3.63) is 35.9 Å². The molecule has 0 spiro atoms. The Morgan fingerprint density at radius 2 is 1.70 bits per heavy atom. The van der Waals surface area contributed by atoms with Crippen molar-refractivity contribution < 1.29 is 19.1 Å². The lowest BCUT2D eigenvalue weighted by atomic mass is 9.48. The molecule has 2 atom stereocenters. The number of epoxide rings is 1. The molecule has 0 radical (unpaired) electrons. The number of piperazine rings is 1. The topological polar surface area (TPSA) is 62.4 Å². The molecule has 6 fully saturated rings. The van der Waals surface area contributed by atoms with Crippen molar-refractivity contribution >= 4 is 12.0 Å². The molecule has 160 valence electrons. The highest BCUT2D eigenvalue weighted by Crippen LogP contribution is 2.64. The Hall–Kier alpha value is -2.08. The standard InChI is InChI=1S/C24H30N2O4/c27-20-14-25(23(28)29-15-16-4-2-1-3-5-16)6-7-26(20)22-21(30-22)24-11-17-8-18(12-24)10-19(9-17)13-24/h1-5,17-19,21-22H,6-15H2. The average molecular weight is 411 g/mol. The van der Waals surface area contributed by atoms with Crippen LogP contribution < -0.4 is 0 Å². The fourth-order valence-electron chi connectivity index (χ4n) is 7.24. The first-order valence-corrected chi connectivity index (χ1v) is 11.5. The highest BCUT2D eigenvalue weighted by Gasteiger charge is 2.64. The normalized spacial score (nSPS) is 39.3. The minimum Gasteiger partial charge on any atom is -0.445 e. The lowest BCUT2D eigenvalue weighted by molar-refractivity contribution is -0.138. The molecule has 2 unspecified atom stereocenters. The first-order valence-electron chi connectivity index (χ1n) is 11.5. The molecule has 1 aromatic carbocycles. The van der Waals surface area contributed by atoms with Crippen molar-refractivity contribution in [2.45, 2.75) is 57.5 Å². The highest BCUT2D eigenvalue weighted by atomic mass is 16.6. The van der Waals surface area contributed by atoms with E-state index in [1.807, 2.05) is 35.2 Å². The second kappa shape index (κ2) is 6.98. The smallest absolute Gasteiger partial charge is 0.410 e. The van der Waals surface area contributed by atoms with Crippen LogP contribution in [0.15, 0.2) is 30.3 Å². The van der Waals surface area contributed by atoms with Gasteiger partial charge < -0.3 is 14.4 Å². The summed E-state index contributed by atoms with van der Waals surface area (Å²) in [7, 11) is 0. The van der Waals surface area contributed by atoms with Gasteiger partial charge in [-0.3, -0.25) is 9.69 Å². The van der Waals surface area contributed by atoms with Gasteiger partial charge in [-0.15, -0.1) is 0 Å². The largest absolute Gasteiger partial charge is 0.445 e. The maximum Gasteiger partial charge on any atom is 0.410 e. The van der Waals surface area contributed by atoms with Crippen molar-refractivity contribution in [1.82, 2.24) is 9.80 Å². The van der Waals surface area contributed by atoms with E-state index in [-0.39, 0.29) is 31.4 Å². The van der Waals surface area contributed by atoms with Crippen molar-refractivity contribution in [1.29, 1.82) is 0 Å². The first-order chi connectivity index (χ1) is 14.6. The summed E-state index contributed by atoms with van der Waals surface area (Å²) < 4.78 is 11.6. The Morgan fingerprint density at radius 1 is 1.03 bits per heavy atom. The van der Waals surface area contributed by atoms with Gasteiger partial charge in [-0.25, -0.2) is 4.79 Å². The lowest BCUT2D eigenvalue weighted by Gasteiger charge is -2.56. The van der Waals surface area contributed by atoms with E-state index in [1.165, 1.54) is 43.4 Å². The molecule has 4 bridgehead atoms. The maximum absolute atomic E-state index is 12.8. The Kier molecular flexibility index (Phi) is 4.34. The van der Waals surface area contributed by atoms with Crippen molar-refractivity contribution in [2.24, 2.45) is 23.2 Å². The number of hydrogen-bond donors (Lipinski definition) is 0. The molecule has 2 saturated heterocycles. The summed E-state index contributed by atoms with van der Waals surface area (Å²) in [6.07, 6.45) is 7.85. The number of rotatable bonds is 4. The third-order valence-electron chi connectivity index (χ3n) is 8.19. The predicted molar refractivity (Wildman–Crippen MR) is 109 cm³/mol. The first kappa shape index (κ1) is 18.7. The molecule has 4 saturated carbocycles. The van der Waals surface area contributed by atoms with E-state index < -0.39 is 6.09 Å². The average Bonchev–Trinajstić information content (AvgIpc) is 3.53. The monoisotopic (exact) mass is 410 g/mol. The van der Waals surface area contributed by atoms with E-state index in [0.29, 0.717) is 18.5 Å². The Bertz CT molecular complexity index is 806. The molecule has 0 aromatic heterocycles. The van der Waals surface area contributed by atoms with Crippen LogP contribution in [-0.2, 0) is 20.9 Å². The van der Waals surface area contributed by atoms with Crippen molar-refractivity contribution in [2.75, 3.05) is 19.6 Å². The number of carbonyl (C=O) groups excluding carboxylic acids is 2. The molecule has 30 heavy (non-hydrogen) atoms. The zero-order chi connectivity index (χ0) is 20.3. The summed E-state index contributed by atoms with van der Waals surface area (Å²) in [4.78, 5) is 28.6. The van der Waals surface area contributed by atoms with E-state index >= 15 is 0 Å². The Morgan fingerprint density at radius 3 is 2.33 bits per heavy atom. The van der Waals surface area contributed by atoms with E-state index in [2.05, 4.69) is 0 Å². The second-order valence-corrected chi connectivity index (χ2v) is 10.3. The number of amides is 2. The molecule has 6 aliphatic rings. The van der Waals surface area contributed by atoms with Crippen LogP contribution in [0, 0.1) is 23.2 Å². The Balaban J connectivity index is 1.04. The van der Waals surface area contributed by atoms with Gasteiger partial charge in [-0.2, -0.15) is 0 Å². The molecule has 6 heteroatoms. The Labute approximate surface area is 177 Å². The molecular weight excluding hydrogens is 380 g/mol. The van der Waals surface area contributed by atoms with Gasteiger partial charge in [0.05, 0.1) is 0 Å². The van der Waals surface area contributed by atoms with E-state index in [4.69, 9.17) is 9.47 Å². The van der Waals surface area contributed by atoms with Crippen LogP contribution in [0.3, 0.4) is 0 Å². The van der Waals surface area contributed by atoms with Crippen LogP contribution in [0.2, 0.25) is 0 Å². The molecule has 7 rings (SSSR count). The van der Waals surface area contributed by atoms with Crippen molar-refractivity contribution in [3.8, 4) is 0 Å². The van der Waals surface area contributed by atoms with Crippen molar-refractivity contribution in [3.63, 3.8) is 0 Å². The minimum atomic E-state index is -0.416. The molecule has 2 heterocycles. The van der Waals surface area contributed by atoms with Gasteiger partial charge in [0.25, 0.3) is 0 Å². The summed E-state index contributed by atoms with van der Waals surface area (Å²) in [5.74, 6) is 2.63. The maximum atomic E-state index is 12.8. The second-order valence-electron chi connectivity index (χ2n) is 10.3. The van der Waals surface area contributed by atoms with Gasteiger partial charge in [0.2, 0.25) is 5.91 Å². The fraction of sp³-hybridized carbons (Fsp3) is 0.667. The minimum absolute atomic E-state index is 0.0184. The zero-order valence-corrected chi connectivity index (χ0v) is 17.4. The van der Waals surface area contributed by atoms with Crippen LogP contribution >= 0.6 is 0 Å². The summed E-state index contributed by atoms with van der Waals surface area (Å²) in [6, 6.07) is 9.61. The number of benzene rings is 1. The van der Waals surface area contributed by atoms with Gasteiger partial charge >= 0.3 is 6.09 Å². The summed E-state index contributed by atoms with van der Waals surface area (Å²) in [5, 5.41) is 0. The summed E-state index contributed by atoms with van der Waals surface area (Å²) >= 11 is 0. The molecule has 6 nitrogen and oxygen atoms in total.